The predicted octanol–water partition coefficient (Wildman–Crippen LogP) is 3.09. The number of aromatic hydroxyl groups is 1. The molecule has 8 heteroatoms. The number of alkyl halides is 1. The minimum atomic E-state index is -0.923. The van der Waals surface area contributed by atoms with Crippen molar-refractivity contribution >= 4 is 5.82 Å². The van der Waals surface area contributed by atoms with Crippen LogP contribution in [-0.2, 0) is 0 Å². The van der Waals surface area contributed by atoms with Crippen LogP contribution in [0.5, 0.6) is 5.75 Å². The Balaban J connectivity index is 1.35. The van der Waals surface area contributed by atoms with Crippen molar-refractivity contribution in [2.24, 2.45) is 0 Å². The second-order valence-electron chi connectivity index (χ2n) is 8.21. The van der Waals surface area contributed by atoms with E-state index in [0.29, 0.717) is 23.1 Å². The topological polar surface area (TPSA) is 79.1 Å². The highest BCUT2D eigenvalue weighted by atomic mass is 19.1. The van der Waals surface area contributed by atoms with Gasteiger partial charge in [0.2, 0.25) is 0 Å². The summed E-state index contributed by atoms with van der Waals surface area (Å²) in [7, 11) is 1.89. The fourth-order valence-corrected chi connectivity index (χ4v) is 4.69. The maximum absolute atomic E-state index is 15.0. The Morgan fingerprint density at radius 2 is 2.10 bits per heavy atom. The normalized spacial score (nSPS) is 25.8. The van der Waals surface area contributed by atoms with Gasteiger partial charge in [0.25, 0.3) is 0 Å². The molecule has 2 N–H and O–H groups in total. The molecule has 2 saturated heterocycles. The number of anilines is 1. The van der Waals surface area contributed by atoms with Crippen LogP contribution < -0.4 is 10.2 Å². The largest absolute Gasteiger partial charge is 0.507 e. The molecule has 3 aromatic rings. The van der Waals surface area contributed by atoms with E-state index in [-0.39, 0.29) is 17.8 Å². The Kier molecular flexibility index (Phi) is 4.86. The van der Waals surface area contributed by atoms with Gasteiger partial charge in [-0.3, -0.25) is 0 Å². The van der Waals surface area contributed by atoms with Crippen molar-refractivity contribution in [3.63, 3.8) is 0 Å². The van der Waals surface area contributed by atoms with Crippen LogP contribution in [0.25, 0.3) is 16.9 Å². The van der Waals surface area contributed by atoms with Gasteiger partial charge in [0.15, 0.2) is 5.82 Å². The standard InChI is InChI=1S/C22H25FN6O/c1-28(19-11-14-3-2-4-18(25-14)22(19)23)21-8-7-17(26-27-21)16-6-5-15(12-20(16)30)29-10-9-24-13-29/h5-10,12-14,18-19,22,25,30H,2-4,11H2,1H3/t14?,18?,19-,22-/m1/s1. The van der Waals surface area contributed by atoms with Gasteiger partial charge in [-0.05, 0) is 43.5 Å². The highest BCUT2D eigenvalue weighted by Crippen LogP contribution is 2.33. The van der Waals surface area contributed by atoms with Crippen molar-refractivity contribution < 1.29 is 9.50 Å². The highest BCUT2D eigenvalue weighted by Gasteiger charge is 2.41. The second-order valence-corrected chi connectivity index (χ2v) is 8.21. The quantitative estimate of drug-likeness (QED) is 0.691. The number of nitrogens with one attached hydrogen (secondary N) is 1. The molecule has 2 aromatic heterocycles. The molecule has 156 valence electrons. The first-order chi connectivity index (χ1) is 14.6. The molecule has 0 spiro atoms. The number of phenols is 1. The third-order valence-corrected chi connectivity index (χ3v) is 6.36. The van der Waals surface area contributed by atoms with E-state index in [0.717, 1.165) is 31.4 Å². The van der Waals surface area contributed by atoms with E-state index in [1.165, 1.54) is 0 Å². The number of hydrogen-bond acceptors (Lipinski definition) is 6. The molecule has 7 nitrogen and oxygen atoms in total. The smallest absolute Gasteiger partial charge is 0.151 e. The summed E-state index contributed by atoms with van der Waals surface area (Å²) < 4.78 is 16.8. The van der Waals surface area contributed by atoms with E-state index in [1.807, 2.05) is 47.0 Å². The molecule has 2 bridgehead atoms. The summed E-state index contributed by atoms with van der Waals surface area (Å²) in [5.41, 5.74) is 1.98. The number of benzene rings is 1. The van der Waals surface area contributed by atoms with Gasteiger partial charge in [-0.1, -0.05) is 6.42 Å². The molecule has 2 aliphatic rings. The fourth-order valence-electron chi connectivity index (χ4n) is 4.69. The van der Waals surface area contributed by atoms with Crippen molar-refractivity contribution in [2.45, 2.75) is 50.0 Å². The van der Waals surface area contributed by atoms with Gasteiger partial charge in [0.05, 0.1) is 23.8 Å². The summed E-state index contributed by atoms with van der Waals surface area (Å²) in [6.07, 6.45) is 8.10. The van der Waals surface area contributed by atoms with Gasteiger partial charge in [-0.25, -0.2) is 9.37 Å². The van der Waals surface area contributed by atoms with Gasteiger partial charge in [-0.2, -0.15) is 0 Å². The number of fused-ring (bicyclic) bond motifs is 2. The predicted molar refractivity (Wildman–Crippen MR) is 113 cm³/mol. The summed E-state index contributed by atoms with van der Waals surface area (Å²) in [5.74, 6) is 0.757. The van der Waals surface area contributed by atoms with E-state index in [4.69, 9.17) is 0 Å². The number of halogens is 1. The second kappa shape index (κ2) is 7.68. The SMILES string of the molecule is CN(c1ccc(-c2ccc(-n3ccnc3)cc2O)nn1)[C@@H]1CC2CCCC(N2)[C@H]1F. The molecule has 0 saturated carbocycles. The molecule has 30 heavy (non-hydrogen) atoms. The Bertz CT molecular complexity index is 1010. The van der Waals surface area contributed by atoms with Crippen LogP contribution in [0.1, 0.15) is 25.7 Å². The lowest BCUT2D eigenvalue weighted by atomic mass is 9.82. The molecule has 2 unspecified atom stereocenters. The lowest BCUT2D eigenvalue weighted by Gasteiger charge is -2.46. The summed E-state index contributed by atoms with van der Waals surface area (Å²) >= 11 is 0. The van der Waals surface area contributed by atoms with Crippen LogP contribution >= 0.6 is 0 Å². The van der Waals surface area contributed by atoms with Crippen molar-refractivity contribution in [2.75, 3.05) is 11.9 Å². The molecule has 0 amide bonds. The molecule has 4 atom stereocenters. The average Bonchev–Trinajstić information content (AvgIpc) is 3.31. The number of hydrogen-bond donors (Lipinski definition) is 2. The Labute approximate surface area is 174 Å². The minimum absolute atomic E-state index is 0.0665. The van der Waals surface area contributed by atoms with Crippen LogP contribution in [0.4, 0.5) is 10.2 Å². The Morgan fingerprint density at radius 1 is 1.20 bits per heavy atom. The van der Waals surface area contributed by atoms with Crippen molar-refractivity contribution in [1.82, 2.24) is 25.1 Å². The van der Waals surface area contributed by atoms with Gasteiger partial charge in [0, 0.05) is 43.2 Å². The summed E-state index contributed by atoms with van der Waals surface area (Å²) in [6.45, 7) is 0. The molecule has 4 heterocycles. The highest BCUT2D eigenvalue weighted by molar-refractivity contribution is 5.69. The first-order valence-electron chi connectivity index (χ1n) is 10.4. The fraction of sp³-hybridized carbons (Fsp3) is 0.409. The number of nitrogens with zero attached hydrogens (tertiary/aromatic N) is 5. The lowest BCUT2D eigenvalue weighted by Crippen LogP contribution is -2.61. The number of phenolic OH excluding ortho intramolecular Hbond substituents is 1. The first kappa shape index (κ1) is 19.0. The molecular weight excluding hydrogens is 383 g/mol. The zero-order chi connectivity index (χ0) is 20.7. The number of piperidine rings is 2. The number of imidazole rings is 1. The van der Waals surface area contributed by atoms with Crippen LogP contribution in [-0.4, -0.2) is 56.2 Å². The molecule has 1 aromatic carbocycles. The van der Waals surface area contributed by atoms with E-state index >= 15 is 4.39 Å². The van der Waals surface area contributed by atoms with Crippen LogP contribution in [0.15, 0.2) is 49.1 Å². The minimum Gasteiger partial charge on any atom is -0.507 e. The van der Waals surface area contributed by atoms with Crippen LogP contribution in [0, 0.1) is 0 Å². The van der Waals surface area contributed by atoms with Crippen molar-refractivity contribution in [1.29, 1.82) is 0 Å². The Morgan fingerprint density at radius 3 is 2.83 bits per heavy atom. The maximum Gasteiger partial charge on any atom is 0.151 e. The van der Waals surface area contributed by atoms with Crippen molar-refractivity contribution in [3.8, 4) is 22.7 Å². The van der Waals surface area contributed by atoms with Crippen molar-refractivity contribution in [3.05, 3.63) is 49.1 Å². The van der Waals surface area contributed by atoms with Gasteiger partial charge in [-0.15, -0.1) is 10.2 Å². The van der Waals surface area contributed by atoms with Gasteiger partial charge in [0.1, 0.15) is 11.9 Å². The zero-order valence-electron chi connectivity index (χ0n) is 16.8. The number of aromatic nitrogens is 4. The average molecular weight is 408 g/mol. The summed E-state index contributed by atoms with van der Waals surface area (Å²) in [4.78, 5) is 5.93. The third-order valence-electron chi connectivity index (χ3n) is 6.36. The van der Waals surface area contributed by atoms with Gasteiger partial charge < -0.3 is 19.9 Å². The first-order valence-corrected chi connectivity index (χ1v) is 10.4. The lowest BCUT2D eigenvalue weighted by molar-refractivity contribution is 0.107. The van der Waals surface area contributed by atoms with Crippen LogP contribution in [0.2, 0.25) is 0 Å². The molecule has 2 fully saturated rings. The number of rotatable bonds is 4. The maximum atomic E-state index is 15.0. The summed E-state index contributed by atoms with van der Waals surface area (Å²) in [5, 5.41) is 22.5. The summed E-state index contributed by atoms with van der Waals surface area (Å²) in [6, 6.07) is 9.13. The van der Waals surface area contributed by atoms with E-state index < -0.39 is 6.17 Å². The Hall–Kier alpha value is -3.00. The van der Waals surface area contributed by atoms with E-state index in [1.54, 1.807) is 18.6 Å². The van der Waals surface area contributed by atoms with Crippen LogP contribution in [0.3, 0.4) is 0 Å². The monoisotopic (exact) mass is 408 g/mol. The van der Waals surface area contributed by atoms with E-state index in [9.17, 15) is 5.11 Å². The molecule has 2 aliphatic heterocycles. The molecule has 5 rings (SSSR count). The zero-order valence-corrected chi connectivity index (χ0v) is 16.8. The third kappa shape index (κ3) is 3.41. The van der Waals surface area contributed by atoms with E-state index in [2.05, 4.69) is 20.5 Å². The molecule has 0 radical (unpaired) electrons. The molecular formula is C22H25FN6O. The molecule has 0 aliphatic carbocycles. The van der Waals surface area contributed by atoms with Gasteiger partial charge >= 0.3 is 0 Å².